The van der Waals surface area contributed by atoms with Crippen LogP contribution in [0.2, 0.25) is 0 Å². The predicted octanol–water partition coefficient (Wildman–Crippen LogP) is 2.49. The predicted molar refractivity (Wildman–Crippen MR) is 80.5 cm³/mol. The molecule has 1 aromatic heterocycles. The molecule has 6 nitrogen and oxygen atoms in total. The zero-order chi connectivity index (χ0) is 14.8. The second-order valence-corrected chi connectivity index (χ2v) is 5.49. The maximum Gasteiger partial charge on any atom is 0.325 e. The molecule has 3 rings (SSSR count). The zero-order valence-corrected chi connectivity index (χ0v) is 13.0. The van der Waals surface area contributed by atoms with E-state index in [4.69, 9.17) is 9.15 Å². The fraction of sp³-hybridized carbons (Fsp3) is 0.357. The number of aromatic nitrogens is 2. The number of amides is 1. The van der Waals surface area contributed by atoms with Gasteiger partial charge in [-0.1, -0.05) is 21.0 Å². The Kier molecular flexibility index (Phi) is 3.92. The van der Waals surface area contributed by atoms with Crippen LogP contribution < -0.4 is 9.64 Å². The van der Waals surface area contributed by atoms with Gasteiger partial charge in [0.05, 0.1) is 7.11 Å². The van der Waals surface area contributed by atoms with Crippen molar-refractivity contribution >= 4 is 27.9 Å². The number of methoxy groups -OCH3 is 1. The maximum absolute atomic E-state index is 11.9. The van der Waals surface area contributed by atoms with Crippen LogP contribution in [0, 0.1) is 5.92 Å². The lowest BCUT2D eigenvalue weighted by molar-refractivity contribution is -0.117. The Morgan fingerprint density at radius 1 is 1.38 bits per heavy atom. The number of nitrogens with zero attached hydrogens (tertiary/aromatic N) is 3. The second-order valence-electron chi connectivity index (χ2n) is 4.85. The number of alkyl halides is 1. The topological polar surface area (TPSA) is 68.5 Å². The average Bonchev–Trinajstić information content (AvgIpc) is 3.13. The van der Waals surface area contributed by atoms with Crippen LogP contribution in [-0.2, 0) is 4.79 Å². The first-order valence-corrected chi connectivity index (χ1v) is 7.67. The second kappa shape index (κ2) is 5.85. The summed E-state index contributed by atoms with van der Waals surface area (Å²) in [5, 5.41) is 8.77. The first-order chi connectivity index (χ1) is 10.2. The van der Waals surface area contributed by atoms with Crippen molar-refractivity contribution in [3.63, 3.8) is 0 Å². The lowest BCUT2D eigenvalue weighted by Crippen LogP contribution is -2.24. The Morgan fingerprint density at radius 3 is 2.76 bits per heavy atom. The molecule has 2 heterocycles. The monoisotopic (exact) mass is 351 g/mol. The SMILES string of the molecule is COc1ccc(-c2nnc(N3CC(CBr)CC3=O)o2)cc1. The minimum atomic E-state index is 0.0179. The molecule has 1 amide bonds. The molecule has 0 bridgehead atoms. The highest BCUT2D eigenvalue weighted by molar-refractivity contribution is 9.09. The lowest BCUT2D eigenvalue weighted by Gasteiger charge is -2.09. The Hall–Kier alpha value is -1.89. The first kappa shape index (κ1) is 14.1. The minimum Gasteiger partial charge on any atom is -0.497 e. The molecule has 110 valence electrons. The fourth-order valence-corrected chi connectivity index (χ4v) is 2.68. The van der Waals surface area contributed by atoms with E-state index in [0.717, 1.165) is 16.6 Å². The molecular weight excluding hydrogens is 338 g/mol. The summed E-state index contributed by atoms with van der Waals surface area (Å²) in [4.78, 5) is 13.5. The molecule has 1 aliphatic rings. The Labute approximate surface area is 130 Å². The van der Waals surface area contributed by atoms with Crippen LogP contribution in [-0.4, -0.2) is 35.1 Å². The number of hydrogen-bond acceptors (Lipinski definition) is 5. The summed E-state index contributed by atoms with van der Waals surface area (Å²) in [7, 11) is 1.61. The number of benzene rings is 1. The average molecular weight is 352 g/mol. The largest absolute Gasteiger partial charge is 0.497 e. The van der Waals surface area contributed by atoms with E-state index in [2.05, 4.69) is 26.1 Å². The number of hydrogen-bond donors (Lipinski definition) is 0. The van der Waals surface area contributed by atoms with Crippen LogP contribution in [0.4, 0.5) is 6.01 Å². The highest BCUT2D eigenvalue weighted by Gasteiger charge is 2.33. The van der Waals surface area contributed by atoms with Crippen molar-refractivity contribution in [2.45, 2.75) is 6.42 Å². The molecule has 0 aliphatic carbocycles. The summed E-state index contributed by atoms with van der Waals surface area (Å²) in [6, 6.07) is 7.57. The van der Waals surface area contributed by atoms with Gasteiger partial charge in [0.1, 0.15) is 5.75 Å². The molecule has 1 aromatic carbocycles. The van der Waals surface area contributed by atoms with Gasteiger partial charge in [0.2, 0.25) is 11.8 Å². The standard InChI is InChI=1S/C14H14BrN3O3/c1-20-11-4-2-10(3-5-11)13-16-17-14(21-13)18-8-9(7-15)6-12(18)19/h2-5,9H,6-8H2,1H3. The van der Waals surface area contributed by atoms with Crippen molar-refractivity contribution in [2.24, 2.45) is 5.92 Å². The van der Waals surface area contributed by atoms with Crippen LogP contribution in [0.3, 0.4) is 0 Å². The van der Waals surface area contributed by atoms with Gasteiger partial charge in [-0.3, -0.25) is 9.69 Å². The molecule has 0 N–H and O–H groups in total. The Bertz CT molecular complexity index is 641. The van der Waals surface area contributed by atoms with Crippen LogP contribution >= 0.6 is 15.9 Å². The van der Waals surface area contributed by atoms with Crippen LogP contribution in [0.25, 0.3) is 11.5 Å². The van der Waals surface area contributed by atoms with Crippen molar-refractivity contribution in [3.8, 4) is 17.2 Å². The highest BCUT2D eigenvalue weighted by Crippen LogP contribution is 2.28. The summed E-state index contributed by atoms with van der Waals surface area (Å²) in [5.74, 6) is 1.45. The van der Waals surface area contributed by atoms with Crippen LogP contribution in [0.5, 0.6) is 5.75 Å². The van der Waals surface area contributed by atoms with Gasteiger partial charge >= 0.3 is 6.01 Å². The molecule has 0 radical (unpaired) electrons. The van der Waals surface area contributed by atoms with Gasteiger partial charge in [-0.2, -0.15) is 0 Å². The summed E-state index contributed by atoms with van der Waals surface area (Å²) < 4.78 is 10.7. The van der Waals surface area contributed by atoms with Crippen LogP contribution in [0.1, 0.15) is 6.42 Å². The summed E-state index contributed by atoms with van der Waals surface area (Å²) in [6.45, 7) is 0.605. The quantitative estimate of drug-likeness (QED) is 0.791. The van der Waals surface area contributed by atoms with Gasteiger partial charge in [0.25, 0.3) is 0 Å². The van der Waals surface area contributed by atoms with E-state index in [0.29, 0.717) is 18.9 Å². The number of anilines is 1. The van der Waals surface area contributed by atoms with Gasteiger partial charge in [-0.05, 0) is 30.2 Å². The van der Waals surface area contributed by atoms with Gasteiger partial charge in [-0.15, -0.1) is 5.10 Å². The van der Waals surface area contributed by atoms with Gasteiger partial charge in [0.15, 0.2) is 0 Å². The Balaban J connectivity index is 1.81. The maximum atomic E-state index is 11.9. The molecule has 2 aromatic rings. The third-order valence-electron chi connectivity index (χ3n) is 3.41. The molecule has 1 aliphatic heterocycles. The smallest absolute Gasteiger partial charge is 0.325 e. The number of rotatable bonds is 4. The molecular formula is C14H14BrN3O3. The molecule has 0 spiro atoms. The third-order valence-corrected chi connectivity index (χ3v) is 4.32. The first-order valence-electron chi connectivity index (χ1n) is 6.55. The van der Waals surface area contributed by atoms with Crippen molar-refractivity contribution in [1.29, 1.82) is 0 Å². The molecule has 1 atom stereocenters. The molecule has 0 saturated carbocycles. The summed E-state index contributed by atoms with van der Waals surface area (Å²) in [5.41, 5.74) is 0.790. The summed E-state index contributed by atoms with van der Waals surface area (Å²) >= 11 is 3.40. The van der Waals surface area contributed by atoms with Crippen LogP contribution in [0.15, 0.2) is 28.7 Å². The lowest BCUT2D eigenvalue weighted by atomic mass is 10.2. The van der Waals surface area contributed by atoms with Gasteiger partial charge in [-0.25, -0.2) is 0 Å². The molecule has 1 unspecified atom stereocenters. The van der Waals surface area contributed by atoms with E-state index in [1.807, 2.05) is 24.3 Å². The van der Waals surface area contributed by atoms with Gasteiger partial charge < -0.3 is 9.15 Å². The molecule has 1 saturated heterocycles. The Morgan fingerprint density at radius 2 is 2.14 bits per heavy atom. The third kappa shape index (κ3) is 2.78. The van der Waals surface area contributed by atoms with E-state index in [-0.39, 0.29) is 17.8 Å². The van der Waals surface area contributed by atoms with E-state index < -0.39 is 0 Å². The number of carbonyl (C=O) groups excluding carboxylic acids is 1. The van der Waals surface area contributed by atoms with E-state index in [1.165, 1.54) is 0 Å². The number of carbonyl (C=O) groups is 1. The van der Waals surface area contributed by atoms with Crippen molar-refractivity contribution in [2.75, 3.05) is 23.9 Å². The molecule has 7 heteroatoms. The zero-order valence-electron chi connectivity index (χ0n) is 11.5. The highest BCUT2D eigenvalue weighted by atomic mass is 79.9. The van der Waals surface area contributed by atoms with Crippen molar-refractivity contribution in [3.05, 3.63) is 24.3 Å². The van der Waals surface area contributed by atoms with Gasteiger partial charge in [0, 0.05) is 23.9 Å². The molecule has 1 fully saturated rings. The normalized spacial score (nSPS) is 18.3. The number of ether oxygens (including phenoxy) is 1. The minimum absolute atomic E-state index is 0.0179. The fourth-order valence-electron chi connectivity index (χ4n) is 2.24. The molecule has 21 heavy (non-hydrogen) atoms. The van der Waals surface area contributed by atoms with Crippen molar-refractivity contribution < 1.29 is 13.9 Å². The van der Waals surface area contributed by atoms with E-state index in [1.54, 1.807) is 12.0 Å². The van der Waals surface area contributed by atoms with Crippen molar-refractivity contribution in [1.82, 2.24) is 10.2 Å². The van der Waals surface area contributed by atoms with E-state index in [9.17, 15) is 4.79 Å². The van der Waals surface area contributed by atoms with E-state index >= 15 is 0 Å². The summed E-state index contributed by atoms with van der Waals surface area (Å²) in [6.07, 6.45) is 0.505. The number of halogens is 1.